The number of nitrogens with zero attached hydrogens (tertiary/aromatic N) is 1. The Labute approximate surface area is 136 Å². The van der Waals surface area contributed by atoms with Crippen LogP contribution in [0.2, 0.25) is 5.02 Å². The van der Waals surface area contributed by atoms with E-state index in [-0.39, 0.29) is 22.2 Å². The third-order valence-corrected chi connectivity index (χ3v) is 3.47. The van der Waals surface area contributed by atoms with Gasteiger partial charge < -0.3 is 8.92 Å². The molecule has 23 heavy (non-hydrogen) atoms. The van der Waals surface area contributed by atoms with Gasteiger partial charge in [0.2, 0.25) is 0 Å². The molecule has 9 heteroatoms. The van der Waals surface area contributed by atoms with Gasteiger partial charge in [-0.1, -0.05) is 11.6 Å². The summed E-state index contributed by atoms with van der Waals surface area (Å²) < 4.78 is 45.3. The van der Waals surface area contributed by atoms with E-state index in [0.717, 1.165) is 19.4 Å². The molecule has 1 aromatic heterocycles. The van der Waals surface area contributed by atoms with Gasteiger partial charge in [-0.3, -0.25) is 0 Å². The van der Waals surface area contributed by atoms with Crippen molar-refractivity contribution in [2.45, 2.75) is 0 Å². The van der Waals surface area contributed by atoms with Crippen molar-refractivity contribution in [3.05, 3.63) is 46.9 Å². The number of rotatable bonds is 4. The molecule has 0 N–H and O–H groups in total. The first-order chi connectivity index (χ1) is 10.7. The van der Waals surface area contributed by atoms with E-state index < -0.39 is 21.9 Å². The molecule has 0 bridgehead atoms. The second kappa shape index (κ2) is 6.51. The average molecular weight is 360 g/mol. The molecule has 0 amide bonds. The maximum Gasteiger partial charge on any atom is 0.358 e. The molecule has 0 atom stereocenters. The van der Waals surface area contributed by atoms with Gasteiger partial charge >= 0.3 is 16.1 Å². The molecule has 2 rings (SSSR count). The minimum atomic E-state index is -3.66. The maximum absolute atomic E-state index is 14.0. The van der Waals surface area contributed by atoms with Crippen molar-refractivity contribution < 1.29 is 26.5 Å². The van der Waals surface area contributed by atoms with Gasteiger partial charge in [-0.15, -0.1) is 0 Å². The number of benzene rings is 1. The number of carbonyl (C=O) groups is 1. The number of aromatic nitrogens is 1. The molecule has 122 valence electrons. The summed E-state index contributed by atoms with van der Waals surface area (Å²) in [5.41, 5.74) is -0.0343. The van der Waals surface area contributed by atoms with Gasteiger partial charge in [0.1, 0.15) is 11.4 Å². The lowest BCUT2D eigenvalue weighted by Gasteiger charge is -2.08. The number of halogens is 2. The lowest BCUT2D eigenvalue weighted by Crippen LogP contribution is -2.07. The van der Waals surface area contributed by atoms with Crippen LogP contribution in [0.15, 0.2) is 30.3 Å². The van der Waals surface area contributed by atoms with Crippen molar-refractivity contribution in [3.8, 4) is 17.0 Å². The summed E-state index contributed by atoms with van der Waals surface area (Å²) in [5, 5.41) is -0.171. The zero-order chi connectivity index (χ0) is 17.2. The van der Waals surface area contributed by atoms with E-state index in [2.05, 4.69) is 13.9 Å². The van der Waals surface area contributed by atoms with Crippen molar-refractivity contribution in [1.82, 2.24) is 4.98 Å². The standard InChI is InChI=1S/C14H11ClFNO5S/c1-21-14(18)13-10(15)7-11(16)12(17-13)8-3-5-9(6-4-8)22-23(2,19)20/h3-7H,1-2H3. The first kappa shape index (κ1) is 17.2. The average Bonchev–Trinajstić information content (AvgIpc) is 2.46. The molecule has 0 unspecified atom stereocenters. The zero-order valence-electron chi connectivity index (χ0n) is 12.0. The molecule has 1 aromatic carbocycles. The molecule has 0 aliphatic rings. The van der Waals surface area contributed by atoms with Gasteiger partial charge in [-0.2, -0.15) is 8.42 Å². The third-order valence-electron chi connectivity index (χ3n) is 2.68. The van der Waals surface area contributed by atoms with E-state index >= 15 is 0 Å². The van der Waals surface area contributed by atoms with Crippen LogP contribution >= 0.6 is 11.6 Å². The SMILES string of the molecule is COC(=O)c1nc(-c2ccc(OS(C)(=O)=O)cc2)c(F)cc1Cl. The number of carbonyl (C=O) groups excluding carboxylic acids is 1. The van der Waals surface area contributed by atoms with Gasteiger partial charge in [0.25, 0.3) is 0 Å². The lowest BCUT2D eigenvalue weighted by atomic mass is 10.1. The normalized spacial score (nSPS) is 11.1. The number of esters is 1. The monoisotopic (exact) mass is 359 g/mol. The van der Waals surface area contributed by atoms with Gasteiger partial charge in [0.15, 0.2) is 11.5 Å². The number of hydrogen-bond acceptors (Lipinski definition) is 6. The summed E-state index contributed by atoms with van der Waals surface area (Å²) in [7, 11) is -2.50. The number of methoxy groups -OCH3 is 1. The Hall–Kier alpha value is -2.19. The van der Waals surface area contributed by atoms with Crippen LogP contribution in [0.25, 0.3) is 11.3 Å². The third kappa shape index (κ3) is 4.17. The van der Waals surface area contributed by atoms with Gasteiger partial charge in [0, 0.05) is 5.56 Å². The Bertz CT molecular complexity index is 852. The summed E-state index contributed by atoms with van der Waals surface area (Å²) in [6.45, 7) is 0. The number of hydrogen-bond donors (Lipinski definition) is 0. The predicted octanol–water partition coefficient (Wildman–Crippen LogP) is 2.67. The molecule has 2 aromatic rings. The number of pyridine rings is 1. The van der Waals surface area contributed by atoms with E-state index in [0.29, 0.717) is 5.56 Å². The van der Waals surface area contributed by atoms with Crippen LogP contribution in [0, 0.1) is 5.82 Å². The van der Waals surface area contributed by atoms with Crippen molar-refractivity contribution in [1.29, 1.82) is 0 Å². The topological polar surface area (TPSA) is 82.6 Å². The first-order valence-electron chi connectivity index (χ1n) is 6.15. The Morgan fingerprint density at radius 1 is 1.26 bits per heavy atom. The Morgan fingerprint density at radius 2 is 1.87 bits per heavy atom. The van der Waals surface area contributed by atoms with Crippen LogP contribution in [0.5, 0.6) is 5.75 Å². The summed E-state index contributed by atoms with van der Waals surface area (Å²) in [4.78, 5) is 15.4. The Morgan fingerprint density at radius 3 is 2.39 bits per heavy atom. The molecule has 0 fully saturated rings. The van der Waals surface area contributed by atoms with Crippen LogP contribution in [0.4, 0.5) is 4.39 Å². The van der Waals surface area contributed by atoms with E-state index in [9.17, 15) is 17.6 Å². The maximum atomic E-state index is 14.0. The van der Waals surface area contributed by atoms with Crippen LogP contribution in [-0.2, 0) is 14.9 Å². The molecule has 6 nitrogen and oxygen atoms in total. The van der Waals surface area contributed by atoms with Gasteiger partial charge in [-0.25, -0.2) is 14.2 Å². The van der Waals surface area contributed by atoms with Crippen LogP contribution in [0.3, 0.4) is 0 Å². The van der Waals surface area contributed by atoms with E-state index in [1.807, 2.05) is 0 Å². The zero-order valence-corrected chi connectivity index (χ0v) is 13.6. The first-order valence-corrected chi connectivity index (χ1v) is 8.35. The molecule has 0 aliphatic carbocycles. The largest absolute Gasteiger partial charge is 0.464 e. The minimum absolute atomic E-state index is 0.0683. The Kier molecular flexibility index (Phi) is 4.86. The molecule has 0 aliphatic heterocycles. The highest BCUT2D eigenvalue weighted by Gasteiger charge is 2.18. The van der Waals surface area contributed by atoms with Gasteiger partial charge in [0.05, 0.1) is 18.4 Å². The van der Waals surface area contributed by atoms with Crippen molar-refractivity contribution >= 4 is 27.7 Å². The van der Waals surface area contributed by atoms with Crippen LogP contribution in [0.1, 0.15) is 10.5 Å². The lowest BCUT2D eigenvalue weighted by molar-refractivity contribution is 0.0594. The van der Waals surface area contributed by atoms with Crippen molar-refractivity contribution in [3.63, 3.8) is 0 Å². The highest BCUT2D eigenvalue weighted by molar-refractivity contribution is 7.86. The summed E-state index contributed by atoms with van der Waals surface area (Å²) >= 11 is 5.77. The van der Waals surface area contributed by atoms with Crippen LogP contribution in [-0.4, -0.2) is 32.7 Å². The second-order valence-electron chi connectivity index (χ2n) is 4.45. The van der Waals surface area contributed by atoms with E-state index in [1.54, 1.807) is 0 Å². The summed E-state index contributed by atoms with van der Waals surface area (Å²) in [6, 6.07) is 6.44. The van der Waals surface area contributed by atoms with Gasteiger partial charge in [-0.05, 0) is 30.3 Å². The van der Waals surface area contributed by atoms with E-state index in [4.69, 9.17) is 11.6 Å². The number of ether oxygens (including phenoxy) is 1. The molecule has 0 radical (unpaired) electrons. The Balaban J connectivity index is 2.44. The molecular formula is C14H11ClFNO5S. The fraction of sp³-hybridized carbons (Fsp3) is 0.143. The van der Waals surface area contributed by atoms with Crippen LogP contribution < -0.4 is 4.18 Å². The molecule has 0 saturated heterocycles. The fourth-order valence-corrected chi connectivity index (χ4v) is 2.43. The highest BCUT2D eigenvalue weighted by Crippen LogP contribution is 2.27. The summed E-state index contributed by atoms with van der Waals surface area (Å²) in [5.74, 6) is -1.47. The van der Waals surface area contributed by atoms with E-state index in [1.165, 1.54) is 24.3 Å². The molecule has 1 heterocycles. The van der Waals surface area contributed by atoms with Crippen molar-refractivity contribution in [2.75, 3.05) is 13.4 Å². The highest BCUT2D eigenvalue weighted by atomic mass is 35.5. The quantitative estimate of drug-likeness (QED) is 0.616. The minimum Gasteiger partial charge on any atom is -0.464 e. The fourth-order valence-electron chi connectivity index (χ4n) is 1.75. The molecular weight excluding hydrogens is 349 g/mol. The van der Waals surface area contributed by atoms with Crippen molar-refractivity contribution in [2.24, 2.45) is 0 Å². The smallest absolute Gasteiger partial charge is 0.358 e. The summed E-state index contributed by atoms with van der Waals surface area (Å²) in [6.07, 6.45) is 0.907. The second-order valence-corrected chi connectivity index (χ2v) is 6.43. The molecule has 0 spiro atoms. The predicted molar refractivity (Wildman–Crippen MR) is 81.5 cm³/mol. The molecule has 0 saturated carbocycles.